The van der Waals surface area contributed by atoms with Gasteiger partial charge in [-0.2, -0.15) is 0 Å². The quantitative estimate of drug-likeness (QED) is 0.824. The Hall–Kier alpha value is -0.640. The second kappa shape index (κ2) is 6.50. The Kier molecular flexibility index (Phi) is 5.57. The van der Waals surface area contributed by atoms with Gasteiger partial charge < -0.3 is 10.0 Å². The first kappa shape index (κ1) is 15.4. The number of carbonyl (C=O) groups is 1. The van der Waals surface area contributed by atoms with E-state index in [1.165, 1.54) is 11.8 Å². The molecule has 106 valence electrons. The van der Waals surface area contributed by atoms with Crippen LogP contribution in [0.15, 0.2) is 0 Å². The minimum atomic E-state index is -2.16. The number of hydrogen-bond acceptors (Lipinski definition) is 2. The van der Waals surface area contributed by atoms with E-state index in [0.29, 0.717) is 13.1 Å². The van der Waals surface area contributed by atoms with Crippen LogP contribution in [0.5, 0.6) is 0 Å². The van der Waals surface area contributed by atoms with E-state index in [1.54, 1.807) is 0 Å². The van der Waals surface area contributed by atoms with Gasteiger partial charge >= 0.3 is 0 Å². The van der Waals surface area contributed by atoms with Crippen LogP contribution in [0.3, 0.4) is 0 Å². The SMILES string of the molecule is CCN(CC)C(=O)[C@](C)(F)[C@@H](O)C1CCCCC1. The number of aliphatic hydroxyl groups is 1. The minimum absolute atomic E-state index is 0.0757. The van der Waals surface area contributed by atoms with Gasteiger partial charge in [0, 0.05) is 13.1 Å². The van der Waals surface area contributed by atoms with Crippen molar-refractivity contribution in [3.63, 3.8) is 0 Å². The van der Waals surface area contributed by atoms with E-state index in [4.69, 9.17) is 0 Å². The molecule has 0 saturated heterocycles. The molecule has 0 aromatic heterocycles. The third-order valence-corrected chi connectivity index (χ3v) is 4.12. The van der Waals surface area contributed by atoms with Crippen molar-refractivity contribution < 1.29 is 14.3 Å². The summed E-state index contributed by atoms with van der Waals surface area (Å²) in [5.74, 6) is -0.654. The van der Waals surface area contributed by atoms with Crippen LogP contribution in [0.25, 0.3) is 0 Å². The number of nitrogens with zero attached hydrogens (tertiary/aromatic N) is 1. The van der Waals surface area contributed by atoms with Crippen LogP contribution >= 0.6 is 0 Å². The van der Waals surface area contributed by atoms with Gasteiger partial charge in [0.15, 0.2) is 0 Å². The monoisotopic (exact) mass is 259 g/mol. The highest BCUT2D eigenvalue weighted by Crippen LogP contribution is 2.33. The molecule has 3 nitrogen and oxygen atoms in total. The van der Waals surface area contributed by atoms with Gasteiger partial charge in [0.1, 0.15) is 0 Å². The molecule has 4 heteroatoms. The first-order valence-electron chi connectivity index (χ1n) is 7.11. The number of carbonyl (C=O) groups excluding carboxylic acids is 1. The summed E-state index contributed by atoms with van der Waals surface area (Å²) in [7, 11) is 0. The zero-order valence-electron chi connectivity index (χ0n) is 11.8. The molecule has 18 heavy (non-hydrogen) atoms. The summed E-state index contributed by atoms with van der Waals surface area (Å²) >= 11 is 0. The van der Waals surface area contributed by atoms with Crippen molar-refractivity contribution in [1.29, 1.82) is 0 Å². The number of halogens is 1. The standard InChI is InChI=1S/C14H26FNO2/c1-4-16(5-2)13(18)14(3,15)12(17)11-9-7-6-8-10-11/h11-12,17H,4-10H2,1-3H3/t12-,14+/m0/s1. The van der Waals surface area contributed by atoms with Crippen molar-refractivity contribution in [3.8, 4) is 0 Å². The largest absolute Gasteiger partial charge is 0.389 e. The number of rotatable bonds is 5. The summed E-state index contributed by atoms with van der Waals surface area (Å²) in [4.78, 5) is 13.6. The second-order valence-electron chi connectivity index (χ2n) is 5.40. The summed E-state index contributed by atoms with van der Waals surface area (Å²) in [5.41, 5.74) is -2.16. The molecule has 0 radical (unpaired) electrons. The molecule has 0 bridgehead atoms. The van der Waals surface area contributed by atoms with Crippen molar-refractivity contribution >= 4 is 5.91 Å². The number of aliphatic hydroxyl groups excluding tert-OH is 1. The lowest BCUT2D eigenvalue weighted by Crippen LogP contribution is -2.53. The summed E-state index contributed by atoms with van der Waals surface area (Å²) < 4.78 is 14.6. The third-order valence-electron chi connectivity index (χ3n) is 4.12. The fourth-order valence-electron chi connectivity index (χ4n) is 2.84. The van der Waals surface area contributed by atoms with E-state index in [1.807, 2.05) is 13.8 Å². The molecule has 0 unspecified atom stereocenters. The minimum Gasteiger partial charge on any atom is -0.389 e. The van der Waals surface area contributed by atoms with Crippen molar-refractivity contribution in [2.75, 3.05) is 13.1 Å². The number of alkyl halides is 1. The smallest absolute Gasteiger partial charge is 0.262 e. The van der Waals surface area contributed by atoms with Gasteiger partial charge in [-0.3, -0.25) is 4.79 Å². The number of amides is 1. The van der Waals surface area contributed by atoms with E-state index in [9.17, 15) is 14.3 Å². The van der Waals surface area contributed by atoms with Gasteiger partial charge in [0.2, 0.25) is 5.67 Å². The maximum Gasteiger partial charge on any atom is 0.262 e. The molecule has 1 saturated carbocycles. The lowest BCUT2D eigenvalue weighted by molar-refractivity contribution is -0.154. The Balaban J connectivity index is 2.73. The summed E-state index contributed by atoms with van der Waals surface area (Å²) in [5, 5.41) is 10.2. The molecule has 0 heterocycles. The molecule has 1 fully saturated rings. The van der Waals surface area contributed by atoms with Crippen molar-refractivity contribution in [2.24, 2.45) is 5.92 Å². The van der Waals surface area contributed by atoms with E-state index < -0.39 is 17.7 Å². The lowest BCUT2D eigenvalue weighted by atomic mass is 9.79. The van der Waals surface area contributed by atoms with Crippen LogP contribution < -0.4 is 0 Å². The van der Waals surface area contributed by atoms with E-state index in [0.717, 1.165) is 32.1 Å². The van der Waals surface area contributed by atoms with Gasteiger partial charge in [-0.05, 0) is 39.5 Å². The molecule has 1 aliphatic rings. The molecule has 1 amide bonds. The molecule has 0 spiro atoms. The lowest BCUT2D eigenvalue weighted by Gasteiger charge is -2.36. The fourth-order valence-corrected chi connectivity index (χ4v) is 2.84. The topological polar surface area (TPSA) is 40.5 Å². The van der Waals surface area contributed by atoms with Gasteiger partial charge in [0.25, 0.3) is 5.91 Å². The van der Waals surface area contributed by atoms with Crippen LogP contribution in [0.2, 0.25) is 0 Å². The summed E-state index contributed by atoms with van der Waals surface area (Å²) in [6.45, 7) is 5.83. The predicted molar refractivity (Wildman–Crippen MR) is 70.0 cm³/mol. The Morgan fingerprint density at radius 1 is 1.33 bits per heavy atom. The maximum atomic E-state index is 14.6. The van der Waals surface area contributed by atoms with Crippen LogP contribution in [-0.4, -0.2) is 40.8 Å². The molecule has 1 N–H and O–H groups in total. The molecule has 2 atom stereocenters. The third kappa shape index (κ3) is 3.22. The van der Waals surface area contributed by atoms with Crippen LogP contribution in [0.1, 0.15) is 52.9 Å². The molecule has 1 aliphatic carbocycles. The average Bonchev–Trinajstić information content (AvgIpc) is 2.40. The van der Waals surface area contributed by atoms with Gasteiger partial charge in [-0.1, -0.05) is 19.3 Å². The number of hydrogen-bond donors (Lipinski definition) is 1. The van der Waals surface area contributed by atoms with Gasteiger partial charge in [-0.25, -0.2) is 4.39 Å². The van der Waals surface area contributed by atoms with E-state index in [-0.39, 0.29) is 5.92 Å². The normalized spacial score (nSPS) is 22.3. The first-order chi connectivity index (χ1) is 8.45. The van der Waals surface area contributed by atoms with Crippen molar-refractivity contribution in [2.45, 2.75) is 64.6 Å². The molecule has 0 aliphatic heterocycles. The summed E-state index contributed by atoms with van der Waals surface area (Å²) in [6.07, 6.45) is 3.68. The fraction of sp³-hybridized carbons (Fsp3) is 0.929. The van der Waals surface area contributed by atoms with Gasteiger partial charge in [-0.15, -0.1) is 0 Å². The molecule has 1 rings (SSSR count). The van der Waals surface area contributed by atoms with Gasteiger partial charge in [0.05, 0.1) is 6.10 Å². The highest BCUT2D eigenvalue weighted by Gasteiger charge is 2.46. The molecule has 0 aromatic carbocycles. The van der Waals surface area contributed by atoms with Crippen LogP contribution in [0, 0.1) is 5.92 Å². The van der Waals surface area contributed by atoms with Crippen molar-refractivity contribution in [1.82, 2.24) is 4.90 Å². The zero-order chi connectivity index (χ0) is 13.8. The zero-order valence-corrected chi connectivity index (χ0v) is 11.8. The Morgan fingerprint density at radius 3 is 2.28 bits per heavy atom. The average molecular weight is 259 g/mol. The van der Waals surface area contributed by atoms with Crippen molar-refractivity contribution in [3.05, 3.63) is 0 Å². The van der Waals surface area contributed by atoms with E-state index in [2.05, 4.69) is 0 Å². The summed E-state index contributed by atoms with van der Waals surface area (Å²) in [6, 6.07) is 0. The first-order valence-corrected chi connectivity index (χ1v) is 7.11. The van der Waals surface area contributed by atoms with E-state index >= 15 is 0 Å². The van der Waals surface area contributed by atoms with Crippen LogP contribution in [-0.2, 0) is 4.79 Å². The Morgan fingerprint density at radius 2 is 1.83 bits per heavy atom. The van der Waals surface area contributed by atoms with Crippen LogP contribution in [0.4, 0.5) is 4.39 Å². The Labute approximate surface area is 109 Å². The predicted octanol–water partition coefficient (Wildman–Crippen LogP) is 2.52. The highest BCUT2D eigenvalue weighted by atomic mass is 19.1. The second-order valence-corrected chi connectivity index (χ2v) is 5.40. The maximum absolute atomic E-state index is 14.6. The molecular formula is C14H26FNO2. The Bertz CT molecular complexity index is 271. The highest BCUT2D eigenvalue weighted by molar-refractivity contribution is 5.85. The molecular weight excluding hydrogens is 233 g/mol. The molecule has 0 aromatic rings.